The van der Waals surface area contributed by atoms with Crippen molar-refractivity contribution in [3.8, 4) is 0 Å². The van der Waals surface area contributed by atoms with Gasteiger partial charge in [0.1, 0.15) is 0 Å². The molecule has 0 radical (unpaired) electrons. The van der Waals surface area contributed by atoms with Crippen molar-refractivity contribution in [2.24, 2.45) is 4.99 Å². The average molecular weight is 308 g/mol. The fraction of sp³-hybridized carbons (Fsp3) is 0.182. The molecule has 0 amide bonds. The first-order chi connectivity index (χ1) is 10.4. The normalized spacial score (nSPS) is 17.5. The van der Waals surface area contributed by atoms with E-state index in [0.29, 0.717) is 5.69 Å². The highest BCUT2D eigenvalue weighted by Gasteiger charge is 2.33. The number of hydrazine groups is 1. The van der Waals surface area contributed by atoms with Crippen molar-refractivity contribution in [3.63, 3.8) is 0 Å². The zero-order valence-electron chi connectivity index (χ0n) is 11.3. The van der Waals surface area contributed by atoms with Crippen molar-refractivity contribution in [1.29, 1.82) is 0 Å². The van der Waals surface area contributed by atoms with Crippen molar-refractivity contribution in [2.75, 3.05) is 12.5 Å². The zero-order chi connectivity index (χ0) is 16.3. The van der Waals surface area contributed by atoms with Crippen LogP contribution in [0.15, 0.2) is 40.8 Å². The van der Waals surface area contributed by atoms with Gasteiger partial charge in [-0.3, -0.25) is 20.2 Å². The van der Waals surface area contributed by atoms with Gasteiger partial charge in [-0.2, -0.15) is 0 Å². The lowest BCUT2D eigenvalue weighted by molar-refractivity contribution is -0.434. The van der Waals surface area contributed by atoms with E-state index < -0.39 is 27.6 Å². The first kappa shape index (κ1) is 15.2. The number of non-ortho nitro benzene ring substituents is 1. The number of hydrogen-bond donors (Lipinski definition) is 3. The molecule has 116 valence electrons. The number of nitrogens with one attached hydrogen (secondary N) is 2. The summed E-state index contributed by atoms with van der Waals surface area (Å²) in [5.74, 6) is -0.525. The molecule has 0 fully saturated rings. The van der Waals surface area contributed by atoms with Gasteiger partial charge in [0.05, 0.1) is 16.2 Å². The molecule has 1 aliphatic rings. The molecule has 0 bridgehead atoms. The van der Waals surface area contributed by atoms with Crippen LogP contribution in [-0.2, 0) is 0 Å². The molecule has 0 saturated heterocycles. The molecule has 0 unspecified atom stereocenters. The van der Waals surface area contributed by atoms with E-state index >= 15 is 0 Å². The van der Waals surface area contributed by atoms with Gasteiger partial charge in [0.2, 0.25) is 6.17 Å². The Morgan fingerprint density at radius 1 is 1.23 bits per heavy atom. The number of benzene rings is 1. The number of aliphatic imine (C=N–C) groups is 1. The number of hydrogen-bond acceptors (Lipinski definition) is 9. The van der Waals surface area contributed by atoms with E-state index in [0.717, 1.165) is 4.90 Å². The van der Waals surface area contributed by atoms with Crippen LogP contribution in [0, 0.1) is 20.2 Å². The Bertz CT molecular complexity index is 655. The number of aliphatic hydroxyl groups is 1. The van der Waals surface area contributed by atoms with Gasteiger partial charge in [-0.25, -0.2) is 10.4 Å². The number of rotatable bonds is 5. The topological polar surface area (TPSA) is 146 Å². The van der Waals surface area contributed by atoms with Crippen molar-refractivity contribution >= 4 is 17.7 Å². The van der Waals surface area contributed by atoms with Crippen LogP contribution in [0.25, 0.3) is 0 Å². The summed E-state index contributed by atoms with van der Waals surface area (Å²) >= 11 is 0. The second-order valence-electron chi connectivity index (χ2n) is 4.32. The second-order valence-corrected chi connectivity index (χ2v) is 4.32. The molecule has 11 nitrogen and oxygen atoms in total. The highest BCUT2D eigenvalue weighted by Crippen LogP contribution is 2.18. The Hall–Kier alpha value is -3.21. The lowest BCUT2D eigenvalue weighted by Gasteiger charge is -2.22. The smallest absolute Gasteiger partial charge is 0.345 e. The molecular weight excluding hydrogens is 296 g/mol. The maximum Gasteiger partial charge on any atom is 0.345 e. The molecule has 1 aromatic carbocycles. The summed E-state index contributed by atoms with van der Waals surface area (Å²) in [6.45, 7) is 0. The largest absolute Gasteiger partial charge is 0.490 e. The molecule has 2 rings (SSSR count). The minimum absolute atomic E-state index is 0.0774. The Kier molecular flexibility index (Phi) is 4.18. The highest BCUT2D eigenvalue weighted by atomic mass is 16.6. The van der Waals surface area contributed by atoms with E-state index in [-0.39, 0.29) is 5.69 Å². The van der Waals surface area contributed by atoms with Gasteiger partial charge in [-0.05, 0) is 12.1 Å². The Labute approximate surface area is 123 Å². The van der Waals surface area contributed by atoms with E-state index in [1.54, 1.807) is 0 Å². The average Bonchev–Trinajstić information content (AvgIpc) is 2.48. The number of nitrogens with zero attached hydrogens (tertiary/aromatic N) is 4. The standard InChI is InChI=1S/C11H12N6O5/c1-15-6-12-10(9(11(15)18)17(21)22)14-13-7-2-4-8(5-3-7)16(19)20/h2-6,10,13-14,18H,1H3/t10-/m0/s1. The van der Waals surface area contributed by atoms with Gasteiger partial charge in [0, 0.05) is 24.9 Å². The molecule has 11 heteroatoms. The highest BCUT2D eigenvalue weighted by molar-refractivity contribution is 5.59. The predicted octanol–water partition coefficient (Wildman–Crippen LogP) is 0.815. The van der Waals surface area contributed by atoms with Crippen LogP contribution in [0.1, 0.15) is 0 Å². The number of nitro benzene ring substituents is 1. The van der Waals surface area contributed by atoms with Gasteiger partial charge in [0.25, 0.3) is 11.6 Å². The Balaban J connectivity index is 2.08. The first-order valence-electron chi connectivity index (χ1n) is 6.00. The van der Waals surface area contributed by atoms with Crippen LogP contribution in [0.3, 0.4) is 0 Å². The first-order valence-corrected chi connectivity index (χ1v) is 6.00. The van der Waals surface area contributed by atoms with Crippen LogP contribution in [0.4, 0.5) is 11.4 Å². The monoisotopic (exact) mass is 308 g/mol. The van der Waals surface area contributed by atoms with Crippen LogP contribution in [-0.4, -0.2) is 39.4 Å². The number of nitro groups is 2. The summed E-state index contributed by atoms with van der Waals surface area (Å²) in [6.07, 6.45) is 0.124. The van der Waals surface area contributed by atoms with E-state index in [1.165, 1.54) is 37.7 Å². The molecule has 1 heterocycles. The van der Waals surface area contributed by atoms with E-state index in [9.17, 15) is 25.3 Å². The summed E-state index contributed by atoms with van der Waals surface area (Å²) in [7, 11) is 1.42. The van der Waals surface area contributed by atoms with Crippen LogP contribution in [0.2, 0.25) is 0 Å². The summed E-state index contributed by atoms with van der Waals surface area (Å²) in [4.78, 5) is 25.3. The summed E-state index contributed by atoms with van der Waals surface area (Å²) in [5, 5.41) is 31.2. The minimum Gasteiger partial charge on any atom is -0.490 e. The third-order valence-corrected chi connectivity index (χ3v) is 2.84. The number of aliphatic hydroxyl groups excluding tert-OH is 1. The molecule has 22 heavy (non-hydrogen) atoms. The third kappa shape index (κ3) is 3.09. The molecule has 1 aromatic rings. The van der Waals surface area contributed by atoms with Crippen molar-refractivity contribution in [3.05, 3.63) is 56.1 Å². The van der Waals surface area contributed by atoms with Gasteiger partial charge in [-0.1, -0.05) is 0 Å². The lowest BCUT2D eigenvalue weighted by atomic mass is 10.3. The molecule has 0 saturated carbocycles. The van der Waals surface area contributed by atoms with Crippen LogP contribution in [0.5, 0.6) is 0 Å². The fourth-order valence-electron chi connectivity index (χ4n) is 1.70. The molecule has 0 spiro atoms. The van der Waals surface area contributed by atoms with Gasteiger partial charge in [0.15, 0.2) is 0 Å². The lowest BCUT2D eigenvalue weighted by Crippen LogP contribution is -2.41. The van der Waals surface area contributed by atoms with E-state index in [2.05, 4.69) is 15.8 Å². The Morgan fingerprint density at radius 3 is 2.41 bits per heavy atom. The number of anilines is 1. The third-order valence-electron chi connectivity index (χ3n) is 2.84. The maximum atomic E-state index is 11.0. The molecular formula is C11H12N6O5. The summed E-state index contributed by atoms with van der Waals surface area (Å²) in [5.41, 5.74) is 5.07. The maximum absolute atomic E-state index is 11.0. The summed E-state index contributed by atoms with van der Waals surface area (Å²) in [6, 6.07) is 5.42. The fourth-order valence-corrected chi connectivity index (χ4v) is 1.70. The van der Waals surface area contributed by atoms with Crippen LogP contribution >= 0.6 is 0 Å². The SMILES string of the molecule is CN1C=N[C@@H](NNc2ccc([N+](=O)[O-])cc2)C([N+](=O)[O-])=C1O. The Morgan fingerprint density at radius 2 is 1.86 bits per heavy atom. The van der Waals surface area contributed by atoms with Crippen molar-refractivity contribution in [1.82, 2.24) is 10.3 Å². The van der Waals surface area contributed by atoms with Gasteiger partial charge >= 0.3 is 5.70 Å². The second kappa shape index (κ2) is 6.05. The van der Waals surface area contributed by atoms with Gasteiger partial charge < -0.3 is 15.4 Å². The predicted molar refractivity (Wildman–Crippen MR) is 76.5 cm³/mol. The van der Waals surface area contributed by atoms with E-state index in [4.69, 9.17) is 0 Å². The van der Waals surface area contributed by atoms with Gasteiger partial charge in [-0.15, -0.1) is 0 Å². The quantitative estimate of drug-likeness (QED) is 0.535. The van der Waals surface area contributed by atoms with Crippen molar-refractivity contribution in [2.45, 2.75) is 6.17 Å². The molecule has 0 aromatic heterocycles. The molecule has 1 atom stereocenters. The van der Waals surface area contributed by atoms with Crippen molar-refractivity contribution < 1.29 is 15.0 Å². The molecule has 3 N–H and O–H groups in total. The van der Waals surface area contributed by atoms with Crippen LogP contribution < -0.4 is 10.9 Å². The molecule has 0 aliphatic carbocycles. The minimum atomic E-state index is -1.11. The zero-order valence-corrected chi connectivity index (χ0v) is 11.3. The summed E-state index contributed by atoms with van der Waals surface area (Å²) < 4.78 is 0. The molecule has 1 aliphatic heterocycles. The van der Waals surface area contributed by atoms with E-state index in [1.807, 2.05) is 0 Å².